The number of benzene rings is 2. The number of nitrogens with zero attached hydrogens (tertiary/aromatic N) is 3. The highest BCUT2D eigenvalue weighted by atomic mass is 16.5. The molecule has 0 saturated carbocycles. The van der Waals surface area contributed by atoms with Crippen LogP contribution in [-0.2, 0) is 13.0 Å². The molecule has 0 spiro atoms. The van der Waals surface area contributed by atoms with Crippen molar-refractivity contribution in [3.05, 3.63) is 90.0 Å². The Kier molecular flexibility index (Phi) is 6.03. The summed E-state index contributed by atoms with van der Waals surface area (Å²) in [5, 5.41) is 2.93. The van der Waals surface area contributed by atoms with Crippen molar-refractivity contribution in [2.24, 2.45) is 0 Å². The van der Waals surface area contributed by atoms with Gasteiger partial charge in [-0.15, -0.1) is 0 Å². The molecule has 0 bridgehead atoms. The summed E-state index contributed by atoms with van der Waals surface area (Å²) in [6, 6.07) is 21.5. The van der Waals surface area contributed by atoms with Gasteiger partial charge in [-0.05, 0) is 36.8 Å². The first-order chi connectivity index (χ1) is 14.8. The topological polar surface area (TPSA) is 69.0 Å². The molecule has 2 aromatic heterocycles. The second kappa shape index (κ2) is 9.22. The number of para-hydroxylation sites is 3. The highest BCUT2D eigenvalue weighted by Gasteiger charge is 2.13. The second-order valence-corrected chi connectivity index (χ2v) is 6.99. The van der Waals surface area contributed by atoms with Gasteiger partial charge in [-0.1, -0.05) is 36.4 Å². The van der Waals surface area contributed by atoms with Crippen molar-refractivity contribution in [3.8, 4) is 5.75 Å². The lowest BCUT2D eigenvalue weighted by atomic mass is 10.2. The molecule has 0 aliphatic rings. The highest BCUT2D eigenvalue weighted by molar-refractivity contribution is 5.92. The van der Waals surface area contributed by atoms with Gasteiger partial charge >= 0.3 is 0 Å². The van der Waals surface area contributed by atoms with E-state index in [1.54, 1.807) is 25.4 Å². The van der Waals surface area contributed by atoms with Crippen molar-refractivity contribution in [3.63, 3.8) is 0 Å². The first-order valence-corrected chi connectivity index (χ1v) is 10.0. The Morgan fingerprint density at radius 2 is 1.83 bits per heavy atom. The summed E-state index contributed by atoms with van der Waals surface area (Å²) >= 11 is 0. The standard InChI is InChI=1S/C24H24N4O2/c1-30-22-13-5-2-9-18(22)17-28-21-12-4-3-10-19(21)27-23(28)14-8-16-26-24(29)20-11-6-7-15-25-20/h2-7,9-13,15H,8,14,16-17H2,1H3,(H,26,29). The summed E-state index contributed by atoms with van der Waals surface area (Å²) in [4.78, 5) is 21.1. The summed E-state index contributed by atoms with van der Waals surface area (Å²) in [6.07, 6.45) is 3.16. The lowest BCUT2D eigenvalue weighted by Gasteiger charge is -2.13. The fourth-order valence-electron chi connectivity index (χ4n) is 3.53. The van der Waals surface area contributed by atoms with E-state index in [0.29, 0.717) is 18.8 Å². The zero-order valence-corrected chi connectivity index (χ0v) is 16.9. The van der Waals surface area contributed by atoms with Crippen molar-refractivity contribution in [2.45, 2.75) is 19.4 Å². The molecule has 0 aliphatic carbocycles. The third-order valence-electron chi connectivity index (χ3n) is 5.01. The van der Waals surface area contributed by atoms with Crippen molar-refractivity contribution >= 4 is 16.9 Å². The van der Waals surface area contributed by atoms with E-state index < -0.39 is 0 Å². The number of hydrogen-bond acceptors (Lipinski definition) is 4. The molecule has 0 atom stereocenters. The third-order valence-corrected chi connectivity index (χ3v) is 5.01. The minimum absolute atomic E-state index is 0.155. The van der Waals surface area contributed by atoms with Gasteiger partial charge in [-0.25, -0.2) is 4.98 Å². The Labute approximate surface area is 175 Å². The number of hydrogen-bond donors (Lipinski definition) is 1. The number of ether oxygens (including phenoxy) is 1. The molecule has 0 aliphatic heterocycles. The lowest BCUT2D eigenvalue weighted by molar-refractivity contribution is 0.0948. The average molecular weight is 400 g/mol. The maximum Gasteiger partial charge on any atom is 0.269 e. The quantitative estimate of drug-likeness (QED) is 0.456. The highest BCUT2D eigenvalue weighted by Crippen LogP contribution is 2.23. The fraction of sp³-hybridized carbons (Fsp3) is 0.208. The van der Waals surface area contributed by atoms with Crippen molar-refractivity contribution in [2.75, 3.05) is 13.7 Å². The first kappa shape index (κ1) is 19.6. The number of nitrogens with one attached hydrogen (secondary N) is 1. The Morgan fingerprint density at radius 3 is 2.67 bits per heavy atom. The lowest BCUT2D eigenvalue weighted by Crippen LogP contribution is -2.25. The van der Waals surface area contributed by atoms with Crippen LogP contribution in [0.3, 0.4) is 0 Å². The van der Waals surface area contributed by atoms with E-state index in [2.05, 4.69) is 27.0 Å². The molecule has 4 rings (SSSR count). The van der Waals surface area contributed by atoms with Crippen LogP contribution in [0.15, 0.2) is 72.9 Å². The molecule has 2 heterocycles. The van der Waals surface area contributed by atoms with Gasteiger partial charge < -0.3 is 14.6 Å². The number of aryl methyl sites for hydroxylation is 1. The molecule has 6 nitrogen and oxygen atoms in total. The smallest absolute Gasteiger partial charge is 0.269 e. The van der Waals surface area contributed by atoms with Crippen LogP contribution >= 0.6 is 0 Å². The molecule has 2 aromatic carbocycles. The summed E-state index contributed by atoms with van der Waals surface area (Å²) < 4.78 is 7.76. The van der Waals surface area contributed by atoms with Crippen molar-refractivity contribution in [1.29, 1.82) is 0 Å². The van der Waals surface area contributed by atoms with Crippen LogP contribution < -0.4 is 10.1 Å². The molecule has 6 heteroatoms. The Morgan fingerprint density at radius 1 is 1.03 bits per heavy atom. The minimum atomic E-state index is -0.155. The number of carbonyl (C=O) groups is 1. The third kappa shape index (κ3) is 4.33. The number of carbonyl (C=O) groups excluding carboxylic acids is 1. The fourth-order valence-corrected chi connectivity index (χ4v) is 3.53. The summed E-state index contributed by atoms with van der Waals surface area (Å²) in [5.41, 5.74) is 3.60. The van der Waals surface area contributed by atoms with Gasteiger partial charge in [-0.3, -0.25) is 9.78 Å². The van der Waals surface area contributed by atoms with Gasteiger partial charge in [-0.2, -0.15) is 0 Å². The van der Waals surface area contributed by atoms with Crippen LogP contribution in [0.2, 0.25) is 0 Å². The van der Waals surface area contributed by atoms with Gasteiger partial charge in [0.15, 0.2) is 0 Å². The van der Waals surface area contributed by atoms with E-state index in [1.165, 1.54) is 0 Å². The van der Waals surface area contributed by atoms with Crippen molar-refractivity contribution < 1.29 is 9.53 Å². The SMILES string of the molecule is COc1ccccc1Cn1c(CCCNC(=O)c2ccccn2)nc2ccccc21. The van der Waals surface area contributed by atoms with Gasteiger partial charge in [0.1, 0.15) is 17.3 Å². The molecule has 0 fully saturated rings. The number of aromatic nitrogens is 3. The number of amides is 1. The number of imidazole rings is 1. The number of rotatable bonds is 8. The molecule has 30 heavy (non-hydrogen) atoms. The van der Waals surface area contributed by atoms with Gasteiger partial charge in [0.2, 0.25) is 0 Å². The van der Waals surface area contributed by atoms with Gasteiger partial charge in [0, 0.05) is 24.7 Å². The normalized spacial score (nSPS) is 10.8. The zero-order valence-electron chi connectivity index (χ0n) is 16.9. The Balaban J connectivity index is 1.48. The Hall–Kier alpha value is -3.67. The largest absolute Gasteiger partial charge is 0.496 e. The maximum atomic E-state index is 12.2. The van der Waals surface area contributed by atoms with Crippen LogP contribution in [-0.4, -0.2) is 34.1 Å². The second-order valence-electron chi connectivity index (χ2n) is 6.99. The molecular weight excluding hydrogens is 376 g/mol. The number of pyridine rings is 1. The molecule has 0 unspecified atom stereocenters. The van der Waals surface area contributed by atoms with E-state index in [1.807, 2.05) is 42.5 Å². The Bertz CT molecular complexity index is 1140. The van der Waals surface area contributed by atoms with E-state index in [-0.39, 0.29) is 5.91 Å². The van der Waals surface area contributed by atoms with Crippen LogP contribution in [0.25, 0.3) is 11.0 Å². The molecule has 0 saturated heterocycles. The number of fused-ring (bicyclic) bond motifs is 1. The van der Waals surface area contributed by atoms with Gasteiger partial charge in [0.25, 0.3) is 5.91 Å². The molecule has 1 amide bonds. The van der Waals surface area contributed by atoms with E-state index in [9.17, 15) is 4.79 Å². The van der Waals surface area contributed by atoms with Crippen LogP contribution in [0.5, 0.6) is 5.75 Å². The van der Waals surface area contributed by atoms with Crippen LogP contribution in [0, 0.1) is 0 Å². The van der Waals surface area contributed by atoms with Crippen molar-refractivity contribution in [1.82, 2.24) is 19.9 Å². The maximum absolute atomic E-state index is 12.2. The minimum Gasteiger partial charge on any atom is -0.496 e. The molecule has 0 radical (unpaired) electrons. The summed E-state index contributed by atoms with van der Waals surface area (Å²) in [5.74, 6) is 1.70. The molecular formula is C24H24N4O2. The zero-order chi connectivity index (χ0) is 20.8. The van der Waals surface area contributed by atoms with E-state index in [4.69, 9.17) is 9.72 Å². The first-order valence-electron chi connectivity index (χ1n) is 10.0. The predicted molar refractivity (Wildman–Crippen MR) is 117 cm³/mol. The monoisotopic (exact) mass is 400 g/mol. The van der Waals surface area contributed by atoms with Crippen LogP contribution in [0.1, 0.15) is 28.3 Å². The predicted octanol–water partition coefficient (Wildman–Crippen LogP) is 3.85. The molecule has 1 N–H and O–H groups in total. The molecule has 152 valence electrons. The van der Waals surface area contributed by atoms with E-state index in [0.717, 1.165) is 41.0 Å². The average Bonchev–Trinajstić information content (AvgIpc) is 3.15. The molecule has 4 aromatic rings. The summed E-state index contributed by atoms with van der Waals surface area (Å²) in [7, 11) is 1.69. The summed E-state index contributed by atoms with van der Waals surface area (Å²) in [6.45, 7) is 1.24. The van der Waals surface area contributed by atoms with Crippen LogP contribution in [0.4, 0.5) is 0 Å². The van der Waals surface area contributed by atoms with Gasteiger partial charge in [0.05, 0.1) is 24.7 Å². The van der Waals surface area contributed by atoms with E-state index >= 15 is 0 Å². The number of methoxy groups -OCH3 is 1.